The highest BCUT2D eigenvalue weighted by Crippen LogP contribution is 2.34. The van der Waals surface area contributed by atoms with Crippen molar-refractivity contribution in [1.82, 2.24) is 19.5 Å². The van der Waals surface area contributed by atoms with Gasteiger partial charge >= 0.3 is 0 Å². The second-order valence-electron chi connectivity index (χ2n) is 9.54. The first-order chi connectivity index (χ1) is 17.6. The molecule has 1 aliphatic rings. The monoisotopic (exact) mass is 519 g/mol. The van der Waals surface area contributed by atoms with Crippen LogP contribution in [-0.2, 0) is 10.0 Å². The number of aromatic nitrogens is 3. The number of nitrogens with zero attached hydrogens (tertiary/aromatic N) is 3. The second-order valence-corrected chi connectivity index (χ2v) is 11.3. The highest BCUT2D eigenvalue weighted by molar-refractivity contribution is 7.92. The molecule has 4 aromatic rings. The maximum Gasteiger partial charge on any atom is 0.275 e. The van der Waals surface area contributed by atoms with Crippen molar-refractivity contribution >= 4 is 27.3 Å². The summed E-state index contributed by atoms with van der Waals surface area (Å²) < 4.78 is 28.1. The molecule has 0 aliphatic carbocycles. The summed E-state index contributed by atoms with van der Waals surface area (Å²) in [5.41, 5.74) is 4.53. The Morgan fingerprint density at radius 2 is 1.81 bits per heavy atom. The Morgan fingerprint density at radius 3 is 2.54 bits per heavy atom. The van der Waals surface area contributed by atoms with Crippen LogP contribution in [-0.4, -0.2) is 46.6 Å². The molecule has 5 rings (SSSR count). The standard InChI is InChI=1S/C27H29N5O4S/c1-17-18(2)28-25-16-23(29-32(25)26(17)33)24-11-7-8-14-31(24)27(34)21-15-20(19-9-5-4-6-10-19)12-13-22(21)30-37(3,35)36/h4-6,9-10,12-13,15-16,24,29-30H,7-8,11,14H2,1-3H3/t24-/m0/s1. The predicted octanol–water partition coefficient (Wildman–Crippen LogP) is 4.05. The van der Waals surface area contributed by atoms with Crippen LogP contribution in [0.4, 0.5) is 5.69 Å². The molecule has 2 aromatic carbocycles. The molecule has 0 spiro atoms. The van der Waals surface area contributed by atoms with E-state index in [1.54, 1.807) is 36.9 Å². The number of anilines is 1. The summed E-state index contributed by atoms with van der Waals surface area (Å²) in [5.74, 6) is -0.278. The number of rotatable bonds is 5. The van der Waals surface area contributed by atoms with Gasteiger partial charge in [0.25, 0.3) is 11.5 Å². The van der Waals surface area contributed by atoms with Gasteiger partial charge in [0, 0.05) is 23.9 Å². The van der Waals surface area contributed by atoms with E-state index in [0.29, 0.717) is 29.9 Å². The van der Waals surface area contributed by atoms with Gasteiger partial charge in [0.1, 0.15) is 0 Å². The Morgan fingerprint density at radius 1 is 1.05 bits per heavy atom. The number of carbonyl (C=O) groups is 1. The van der Waals surface area contributed by atoms with Crippen molar-refractivity contribution in [3.8, 4) is 11.1 Å². The number of likely N-dealkylation sites (tertiary alicyclic amines) is 1. The fourth-order valence-corrected chi connectivity index (χ4v) is 5.46. The molecule has 1 amide bonds. The average molecular weight is 520 g/mol. The van der Waals surface area contributed by atoms with Crippen molar-refractivity contribution in [2.75, 3.05) is 17.5 Å². The minimum Gasteiger partial charge on any atom is -0.330 e. The van der Waals surface area contributed by atoms with Crippen LogP contribution in [0.3, 0.4) is 0 Å². The number of nitrogens with one attached hydrogen (secondary N) is 2. The lowest BCUT2D eigenvalue weighted by atomic mass is 9.96. The fraction of sp³-hybridized carbons (Fsp3) is 0.296. The van der Waals surface area contributed by atoms with Gasteiger partial charge in [-0.2, -0.15) is 0 Å². The van der Waals surface area contributed by atoms with Crippen molar-refractivity contribution < 1.29 is 13.2 Å². The van der Waals surface area contributed by atoms with E-state index in [-0.39, 0.29) is 28.8 Å². The van der Waals surface area contributed by atoms with Crippen LogP contribution in [0.1, 0.15) is 52.6 Å². The van der Waals surface area contributed by atoms with Crippen LogP contribution < -0.4 is 10.3 Å². The number of sulfonamides is 1. The van der Waals surface area contributed by atoms with Crippen LogP contribution in [0.5, 0.6) is 0 Å². The van der Waals surface area contributed by atoms with Crippen molar-refractivity contribution in [2.45, 2.75) is 39.2 Å². The molecule has 192 valence electrons. The highest BCUT2D eigenvalue weighted by Gasteiger charge is 2.32. The van der Waals surface area contributed by atoms with Crippen LogP contribution in [0.25, 0.3) is 16.8 Å². The lowest BCUT2D eigenvalue weighted by molar-refractivity contribution is 0.0607. The van der Waals surface area contributed by atoms with Gasteiger partial charge in [-0.05, 0) is 56.4 Å². The van der Waals surface area contributed by atoms with E-state index in [1.807, 2.05) is 36.4 Å². The second kappa shape index (κ2) is 9.51. The summed E-state index contributed by atoms with van der Waals surface area (Å²) in [5, 5.41) is 3.16. The summed E-state index contributed by atoms with van der Waals surface area (Å²) in [7, 11) is -3.61. The molecule has 0 radical (unpaired) electrons. The maximum atomic E-state index is 14.1. The number of carbonyl (C=O) groups excluding carboxylic acids is 1. The lowest BCUT2D eigenvalue weighted by Crippen LogP contribution is -2.39. The molecule has 10 heteroatoms. The molecule has 0 saturated carbocycles. The molecule has 1 aliphatic heterocycles. The molecular formula is C27H29N5O4S. The number of H-pyrrole nitrogens is 1. The molecule has 2 aromatic heterocycles. The minimum absolute atomic E-state index is 0.169. The van der Waals surface area contributed by atoms with E-state index < -0.39 is 10.0 Å². The van der Waals surface area contributed by atoms with Crippen molar-refractivity contribution in [3.05, 3.63) is 87.5 Å². The Balaban J connectivity index is 1.58. The van der Waals surface area contributed by atoms with Crippen LogP contribution in [0.2, 0.25) is 0 Å². The number of hydrogen-bond acceptors (Lipinski definition) is 5. The van der Waals surface area contributed by atoms with E-state index in [9.17, 15) is 18.0 Å². The Bertz CT molecular complexity index is 1660. The number of amides is 1. The van der Waals surface area contributed by atoms with Crippen molar-refractivity contribution in [2.24, 2.45) is 0 Å². The quantitative estimate of drug-likeness (QED) is 0.413. The van der Waals surface area contributed by atoms with E-state index in [0.717, 1.165) is 35.9 Å². The zero-order chi connectivity index (χ0) is 26.3. The number of hydrogen-bond donors (Lipinski definition) is 2. The molecule has 0 unspecified atom stereocenters. The molecule has 1 saturated heterocycles. The van der Waals surface area contributed by atoms with Gasteiger partial charge in [0.05, 0.1) is 29.2 Å². The van der Waals surface area contributed by atoms with Gasteiger partial charge in [-0.15, -0.1) is 0 Å². The molecule has 3 heterocycles. The summed E-state index contributed by atoms with van der Waals surface area (Å²) in [6.07, 6.45) is 3.52. The fourth-order valence-electron chi connectivity index (χ4n) is 4.88. The van der Waals surface area contributed by atoms with Gasteiger partial charge in [-0.1, -0.05) is 36.4 Å². The molecular weight excluding hydrogens is 490 g/mol. The van der Waals surface area contributed by atoms with Gasteiger partial charge in [-0.25, -0.2) is 17.9 Å². The zero-order valence-electron chi connectivity index (χ0n) is 21.0. The third-order valence-corrected chi connectivity index (χ3v) is 7.47. The van der Waals surface area contributed by atoms with Crippen LogP contribution in [0, 0.1) is 13.8 Å². The lowest BCUT2D eigenvalue weighted by Gasteiger charge is -2.35. The normalized spacial score (nSPS) is 16.2. The van der Waals surface area contributed by atoms with E-state index >= 15 is 0 Å². The molecule has 1 fully saturated rings. The van der Waals surface area contributed by atoms with Crippen molar-refractivity contribution in [1.29, 1.82) is 0 Å². The summed E-state index contributed by atoms with van der Waals surface area (Å²) in [6.45, 7) is 4.05. The highest BCUT2D eigenvalue weighted by atomic mass is 32.2. The topological polar surface area (TPSA) is 117 Å². The van der Waals surface area contributed by atoms with Gasteiger partial charge in [-0.3, -0.25) is 19.4 Å². The van der Waals surface area contributed by atoms with Gasteiger partial charge < -0.3 is 4.90 Å². The SMILES string of the molecule is Cc1nc2cc([C@@H]3CCCCN3C(=O)c3cc(-c4ccccc4)ccc3NS(C)(=O)=O)[nH]n2c(=O)c1C. The molecule has 9 nitrogen and oxygen atoms in total. The minimum atomic E-state index is -3.61. The Hall–Kier alpha value is -3.92. The molecule has 1 atom stereocenters. The third-order valence-electron chi connectivity index (χ3n) is 6.88. The predicted molar refractivity (Wildman–Crippen MR) is 143 cm³/mol. The number of benzene rings is 2. The number of aromatic amines is 1. The first kappa shape index (κ1) is 24.8. The summed E-state index contributed by atoms with van der Waals surface area (Å²) >= 11 is 0. The van der Waals surface area contributed by atoms with Crippen molar-refractivity contribution in [3.63, 3.8) is 0 Å². The van der Waals surface area contributed by atoms with E-state index in [1.165, 1.54) is 4.52 Å². The van der Waals surface area contributed by atoms with E-state index in [4.69, 9.17) is 0 Å². The number of aryl methyl sites for hydroxylation is 1. The van der Waals surface area contributed by atoms with Gasteiger partial charge in [0.2, 0.25) is 10.0 Å². The van der Waals surface area contributed by atoms with Gasteiger partial charge in [0.15, 0.2) is 5.65 Å². The van der Waals surface area contributed by atoms with E-state index in [2.05, 4.69) is 14.8 Å². The maximum absolute atomic E-state index is 14.1. The number of piperidine rings is 1. The van der Waals surface area contributed by atoms with Crippen LogP contribution in [0.15, 0.2) is 59.4 Å². The Labute approximate surface area is 215 Å². The molecule has 2 N–H and O–H groups in total. The zero-order valence-corrected chi connectivity index (χ0v) is 21.8. The Kier molecular flexibility index (Phi) is 6.36. The first-order valence-electron chi connectivity index (χ1n) is 12.2. The third kappa shape index (κ3) is 4.89. The number of fused-ring (bicyclic) bond motifs is 1. The average Bonchev–Trinajstić information content (AvgIpc) is 3.31. The molecule has 37 heavy (non-hydrogen) atoms. The van der Waals surface area contributed by atoms with Crippen LogP contribution >= 0.6 is 0 Å². The largest absolute Gasteiger partial charge is 0.330 e. The first-order valence-corrected chi connectivity index (χ1v) is 14.1. The summed E-state index contributed by atoms with van der Waals surface area (Å²) in [4.78, 5) is 33.1. The molecule has 0 bridgehead atoms. The summed E-state index contributed by atoms with van der Waals surface area (Å²) in [6, 6.07) is 16.3. The smallest absolute Gasteiger partial charge is 0.275 e.